The van der Waals surface area contributed by atoms with Crippen molar-refractivity contribution in [2.45, 2.75) is 19.4 Å². The summed E-state index contributed by atoms with van der Waals surface area (Å²) < 4.78 is 5.19. The smallest absolute Gasteiger partial charge is 0.212 e. The van der Waals surface area contributed by atoms with E-state index in [2.05, 4.69) is 58.3 Å². The highest BCUT2D eigenvalue weighted by Crippen LogP contribution is 2.35. The van der Waals surface area contributed by atoms with Crippen LogP contribution < -0.4 is 15.0 Å². The molecular formula is C26H26N5O. The van der Waals surface area contributed by atoms with E-state index in [9.17, 15) is 0 Å². The van der Waals surface area contributed by atoms with Crippen molar-refractivity contribution in [1.82, 2.24) is 20.3 Å². The lowest BCUT2D eigenvalue weighted by Gasteiger charge is -2.41. The molecule has 5 rings (SSSR count). The topological polar surface area (TPSA) is 63.2 Å². The number of hydrogen-bond acceptors (Lipinski definition) is 6. The summed E-state index contributed by atoms with van der Waals surface area (Å²) in [5.41, 5.74) is 6.11. The molecule has 3 heterocycles. The van der Waals surface area contributed by atoms with Crippen molar-refractivity contribution < 1.29 is 4.74 Å². The number of anilines is 1. The first-order valence-corrected chi connectivity index (χ1v) is 10.8. The molecule has 0 atom stereocenters. The highest BCUT2D eigenvalue weighted by atomic mass is 16.5. The lowest BCUT2D eigenvalue weighted by atomic mass is 9.97. The number of piperazine rings is 1. The van der Waals surface area contributed by atoms with E-state index in [1.165, 1.54) is 0 Å². The Morgan fingerprint density at radius 1 is 1.06 bits per heavy atom. The maximum atomic E-state index is 5.19. The molecule has 1 fully saturated rings. The summed E-state index contributed by atoms with van der Waals surface area (Å²) in [6.45, 7) is 7.25. The van der Waals surface area contributed by atoms with Crippen LogP contribution in [0.4, 0.5) is 5.69 Å². The van der Waals surface area contributed by atoms with Crippen molar-refractivity contribution in [1.29, 1.82) is 0 Å². The number of benzene rings is 2. The van der Waals surface area contributed by atoms with Gasteiger partial charge in [-0.25, -0.2) is 15.0 Å². The molecule has 1 saturated heterocycles. The molecule has 4 aromatic rings. The molecule has 2 aromatic heterocycles. The molecule has 1 N–H and O–H groups in total. The minimum atomic E-state index is 0.0431. The van der Waals surface area contributed by atoms with Gasteiger partial charge >= 0.3 is 0 Å². The third-order valence-corrected chi connectivity index (χ3v) is 5.89. The Hall–Kier alpha value is -3.51. The summed E-state index contributed by atoms with van der Waals surface area (Å²) >= 11 is 0. The predicted molar refractivity (Wildman–Crippen MR) is 128 cm³/mol. The van der Waals surface area contributed by atoms with Crippen molar-refractivity contribution in [2.75, 3.05) is 31.6 Å². The van der Waals surface area contributed by atoms with E-state index in [0.29, 0.717) is 5.88 Å². The van der Waals surface area contributed by atoms with E-state index in [4.69, 9.17) is 9.72 Å². The van der Waals surface area contributed by atoms with Gasteiger partial charge in [-0.3, -0.25) is 0 Å². The van der Waals surface area contributed by atoms with E-state index in [1.54, 1.807) is 13.4 Å². The standard InChI is InChI=1S/C26H26N5O/c1-26(2)16-31(13-12-30-26)23-7-5-4-6-20(23)25-21-14-18(8-10-22(21)28-17-29-25)19-9-11-24(32-3)27-15-19/h4-6,8-11,14-15,17,30H,12-13,16H2,1-3H3. The number of methoxy groups -OCH3 is 1. The summed E-state index contributed by atoms with van der Waals surface area (Å²) in [5.74, 6) is 0.599. The quantitative estimate of drug-likeness (QED) is 0.525. The first-order valence-electron chi connectivity index (χ1n) is 10.8. The van der Waals surface area contributed by atoms with E-state index in [-0.39, 0.29) is 5.54 Å². The summed E-state index contributed by atoms with van der Waals surface area (Å²) in [6.07, 6.45) is 3.47. The second-order valence-corrected chi connectivity index (χ2v) is 8.71. The lowest BCUT2D eigenvalue weighted by molar-refractivity contribution is 0.353. The molecule has 0 spiro atoms. The van der Waals surface area contributed by atoms with Crippen LogP contribution in [0, 0.1) is 6.07 Å². The van der Waals surface area contributed by atoms with E-state index < -0.39 is 0 Å². The number of nitrogens with zero attached hydrogens (tertiary/aromatic N) is 4. The Balaban J connectivity index is 1.62. The second kappa shape index (κ2) is 8.20. The van der Waals surface area contributed by atoms with Gasteiger partial charge in [0.25, 0.3) is 0 Å². The Morgan fingerprint density at radius 2 is 1.94 bits per heavy atom. The van der Waals surface area contributed by atoms with Gasteiger partial charge in [-0.05, 0) is 37.6 Å². The molecular weight excluding hydrogens is 398 g/mol. The van der Waals surface area contributed by atoms with Gasteiger partial charge in [0.15, 0.2) is 0 Å². The fraction of sp³-hybridized carbons (Fsp3) is 0.269. The van der Waals surface area contributed by atoms with Gasteiger partial charge in [0.1, 0.15) is 6.33 Å². The minimum Gasteiger partial charge on any atom is -0.481 e. The SMILES string of the molecule is COc1ccc(-c2ccc3ncnc(-c4ccc[c]c4N4CCNC(C)(C)C4)c3c2)cn1. The first kappa shape index (κ1) is 20.4. The third kappa shape index (κ3) is 3.89. The van der Waals surface area contributed by atoms with Gasteiger partial charge in [-0.1, -0.05) is 24.3 Å². The Labute approximate surface area is 188 Å². The van der Waals surface area contributed by atoms with Crippen LogP contribution >= 0.6 is 0 Å². The van der Waals surface area contributed by atoms with Crippen LogP contribution in [0.2, 0.25) is 0 Å². The van der Waals surface area contributed by atoms with E-state index >= 15 is 0 Å². The molecule has 0 unspecified atom stereocenters. The van der Waals surface area contributed by atoms with E-state index in [0.717, 1.165) is 58.6 Å². The zero-order valence-electron chi connectivity index (χ0n) is 18.6. The number of pyridine rings is 1. The van der Waals surface area contributed by atoms with Crippen LogP contribution in [0.5, 0.6) is 5.88 Å². The van der Waals surface area contributed by atoms with Crippen molar-refractivity contribution >= 4 is 16.6 Å². The number of rotatable bonds is 4. The van der Waals surface area contributed by atoms with Gasteiger partial charge in [0.2, 0.25) is 5.88 Å². The number of nitrogens with one attached hydrogen (secondary N) is 1. The maximum absolute atomic E-state index is 5.19. The summed E-state index contributed by atoms with van der Waals surface area (Å²) in [7, 11) is 1.62. The third-order valence-electron chi connectivity index (χ3n) is 5.89. The lowest BCUT2D eigenvalue weighted by Crippen LogP contribution is -2.57. The van der Waals surface area contributed by atoms with Gasteiger partial charge in [0, 0.05) is 60.0 Å². The molecule has 1 aliphatic rings. The Morgan fingerprint density at radius 3 is 2.72 bits per heavy atom. The normalized spacial score (nSPS) is 15.7. The van der Waals surface area contributed by atoms with Gasteiger partial charge in [-0.15, -0.1) is 0 Å². The number of hydrogen-bond donors (Lipinski definition) is 1. The average Bonchev–Trinajstić information content (AvgIpc) is 2.83. The monoisotopic (exact) mass is 424 g/mol. The van der Waals surface area contributed by atoms with Gasteiger partial charge in [0.05, 0.1) is 24.0 Å². The molecule has 1 aliphatic heterocycles. The van der Waals surface area contributed by atoms with Crippen LogP contribution in [-0.2, 0) is 0 Å². The molecule has 0 amide bonds. The predicted octanol–water partition coefficient (Wildman–Crippen LogP) is 4.36. The molecule has 6 heteroatoms. The zero-order chi connectivity index (χ0) is 22.1. The number of fused-ring (bicyclic) bond motifs is 1. The van der Waals surface area contributed by atoms with Crippen molar-refractivity contribution in [3.05, 3.63) is 67.1 Å². The van der Waals surface area contributed by atoms with Gasteiger partial charge in [-0.2, -0.15) is 0 Å². The largest absolute Gasteiger partial charge is 0.481 e. The molecule has 0 saturated carbocycles. The number of para-hydroxylation sites is 1. The number of aromatic nitrogens is 3. The van der Waals surface area contributed by atoms with Crippen LogP contribution in [0.25, 0.3) is 33.3 Å². The average molecular weight is 425 g/mol. The summed E-state index contributed by atoms with van der Waals surface area (Å²) in [4.78, 5) is 16.0. The Kier molecular flexibility index (Phi) is 5.23. The van der Waals surface area contributed by atoms with Crippen LogP contribution in [-0.4, -0.2) is 47.2 Å². The molecule has 0 bridgehead atoms. The highest BCUT2D eigenvalue weighted by molar-refractivity contribution is 5.97. The van der Waals surface area contributed by atoms with E-state index in [1.807, 2.05) is 36.5 Å². The van der Waals surface area contributed by atoms with Crippen molar-refractivity contribution in [3.8, 4) is 28.3 Å². The molecule has 1 radical (unpaired) electrons. The summed E-state index contributed by atoms with van der Waals surface area (Å²) in [6, 6.07) is 19.8. The van der Waals surface area contributed by atoms with Gasteiger partial charge < -0.3 is 15.0 Å². The van der Waals surface area contributed by atoms with Crippen molar-refractivity contribution in [3.63, 3.8) is 0 Å². The summed E-state index contributed by atoms with van der Waals surface area (Å²) in [5, 5.41) is 4.59. The van der Waals surface area contributed by atoms with Crippen molar-refractivity contribution in [2.24, 2.45) is 0 Å². The fourth-order valence-electron chi connectivity index (χ4n) is 4.34. The van der Waals surface area contributed by atoms with Crippen LogP contribution in [0.3, 0.4) is 0 Å². The molecule has 6 nitrogen and oxygen atoms in total. The minimum absolute atomic E-state index is 0.0431. The molecule has 0 aliphatic carbocycles. The van der Waals surface area contributed by atoms with Crippen LogP contribution in [0.1, 0.15) is 13.8 Å². The fourth-order valence-corrected chi connectivity index (χ4v) is 4.34. The highest BCUT2D eigenvalue weighted by Gasteiger charge is 2.27. The Bertz CT molecular complexity index is 1250. The number of ether oxygens (including phenoxy) is 1. The molecule has 161 valence electrons. The van der Waals surface area contributed by atoms with Crippen LogP contribution in [0.15, 0.2) is 61.1 Å². The molecule has 2 aromatic carbocycles. The molecule has 32 heavy (non-hydrogen) atoms. The zero-order valence-corrected chi connectivity index (χ0v) is 18.6. The maximum Gasteiger partial charge on any atom is 0.212 e. The first-order chi connectivity index (χ1) is 15.5. The second-order valence-electron chi connectivity index (χ2n) is 8.71.